The van der Waals surface area contributed by atoms with E-state index in [9.17, 15) is 24.9 Å². The third kappa shape index (κ3) is 2.22. The van der Waals surface area contributed by atoms with Gasteiger partial charge in [-0.05, 0) is 55.6 Å². The Hall–Kier alpha value is -1.30. The molecule has 0 heterocycles. The van der Waals surface area contributed by atoms with Crippen LogP contribution in [0.3, 0.4) is 0 Å². The summed E-state index contributed by atoms with van der Waals surface area (Å²) in [5.74, 6) is -0.539. The van der Waals surface area contributed by atoms with Crippen molar-refractivity contribution < 1.29 is 24.9 Å². The Balaban J connectivity index is 1.78. The smallest absolute Gasteiger partial charge is 0.190 e. The van der Waals surface area contributed by atoms with Crippen LogP contribution in [0.1, 0.15) is 46.5 Å². The number of hydrogen-bond donors (Lipinski definition) is 3. The quantitative estimate of drug-likeness (QED) is 0.685. The van der Waals surface area contributed by atoms with Gasteiger partial charge in [-0.25, -0.2) is 0 Å². The molecule has 3 N–H and O–H groups in total. The SMILES string of the molecule is C[C@H]1CC2[C@@H]3CCC4=CC(=O)C=C[C@]4(C)C3[C@@H](O)C[C@]2(C)[C@@]1(O)C(=O)CO. The van der Waals surface area contributed by atoms with E-state index < -0.39 is 29.5 Å². The van der Waals surface area contributed by atoms with E-state index in [1.165, 1.54) is 0 Å². The molecular formula is C22H30O5. The lowest BCUT2D eigenvalue weighted by Crippen LogP contribution is -2.62. The fourth-order valence-corrected chi connectivity index (χ4v) is 7.37. The third-order valence-corrected chi connectivity index (χ3v) is 8.65. The molecule has 0 aromatic carbocycles. The van der Waals surface area contributed by atoms with Crippen LogP contribution in [0.4, 0.5) is 0 Å². The molecule has 3 saturated carbocycles. The highest BCUT2D eigenvalue weighted by molar-refractivity contribution is 6.01. The predicted molar refractivity (Wildman–Crippen MR) is 99.6 cm³/mol. The molecular weight excluding hydrogens is 344 g/mol. The first-order chi connectivity index (χ1) is 12.6. The number of carbonyl (C=O) groups excluding carboxylic acids is 2. The van der Waals surface area contributed by atoms with Gasteiger partial charge in [-0.1, -0.05) is 32.4 Å². The van der Waals surface area contributed by atoms with E-state index in [0.717, 1.165) is 18.4 Å². The highest BCUT2D eigenvalue weighted by Crippen LogP contribution is 2.68. The Kier molecular flexibility index (Phi) is 4.12. The number of ketones is 2. The number of rotatable bonds is 2. The predicted octanol–water partition coefficient (Wildman–Crippen LogP) is 1.80. The van der Waals surface area contributed by atoms with Gasteiger partial charge in [-0.2, -0.15) is 0 Å². The molecule has 0 amide bonds. The van der Waals surface area contributed by atoms with Crippen LogP contribution in [0, 0.1) is 34.5 Å². The van der Waals surface area contributed by atoms with Gasteiger partial charge in [-0.3, -0.25) is 9.59 Å². The van der Waals surface area contributed by atoms with E-state index in [1.807, 2.05) is 19.9 Å². The minimum absolute atomic E-state index is 0.00784. The number of Topliss-reactive ketones (excluding diaryl/α,β-unsaturated/α-hetero) is 1. The van der Waals surface area contributed by atoms with E-state index in [-0.39, 0.29) is 34.9 Å². The van der Waals surface area contributed by atoms with Crippen LogP contribution in [-0.2, 0) is 9.59 Å². The van der Waals surface area contributed by atoms with Gasteiger partial charge in [0.15, 0.2) is 11.6 Å². The summed E-state index contributed by atoms with van der Waals surface area (Å²) in [6, 6.07) is 0. The maximum absolute atomic E-state index is 12.6. The van der Waals surface area contributed by atoms with Crippen LogP contribution in [0.15, 0.2) is 23.8 Å². The fourth-order valence-electron chi connectivity index (χ4n) is 7.37. The number of hydrogen-bond acceptors (Lipinski definition) is 5. The van der Waals surface area contributed by atoms with Crippen molar-refractivity contribution in [2.45, 2.75) is 58.2 Å². The molecule has 148 valence electrons. The maximum Gasteiger partial charge on any atom is 0.190 e. The first-order valence-electron chi connectivity index (χ1n) is 10.1. The molecule has 27 heavy (non-hydrogen) atoms. The molecule has 4 aliphatic rings. The standard InChI is InChI=1S/C22H30O5/c1-12-8-16-15-5-4-13-9-14(24)6-7-20(13,2)19(15)17(25)10-21(16,3)22(12,27)18(26)11-23/h6-7,9,12,15-17,19,23,25,27H,4-5,8,10-11H2,1-3H3/t12-,15-,16?,17-,19?,20-,21-,22-/m0/s1. The molecule has 5 nitrogen and oxygen atoms in total. The summed E-state index contributed by atoms with van der Waals surface area (Å²) in [7, 11) is 0. The fraction of sp³-hybridized carbons (Fsp3) is 0.727. The van der Waals surface area contributed by atoms with Crippen LogP contribution in [0.2, 0.25) is 0 Å². The largest absolute Gasteiger partial charge is 0.393 e. The van der Waals surface area contributed by atoms with Gasteiger partial charge in [0.2, 0.25) is 0 Å². The van der Waals surface area contributed by atoms with Crippen LogP contribution in [-0.4, -0.2) is 45.2 Å². The second-order valence-electron chi connectivity index (χ2n) is 9.70. The lowest BCUT2D eigenvalue weighted by Gasteiger charge is -2.59. The number of fused-ring (bicyclic) bond motifs is 5. The molecule has 3 fully saturated rings. The lowest BCUT2D eigenvalue weighted by atomic mass is 9.46. The second kappa shape index (κ2) is 5.85. The van der Waals surface area contributed by atoms with E-state index in [0.29, 0.717) is 12.8 Å². The van der Waals surface area contributed by atoms with Gasteiger partial charge in [0.05, 0.1) is 6.10 Å². The Morgan fingerprint density at radius 2 is 2.04 bits per heavy atom. The zero-order chi connectivity index (χ0) is 19.8. The number of aliphatic hydroxyl groups excluding tert-OH is 2. The third-order valence-electron chi connectivity index (χ3n) is 8.65. The summed E-state index contributed by atoms with van der Waals surface area (Å²) in [5, 5.41) is 32.1. The van der Waals surface area contributed by atoms with Crippen LogP contribution in [0.5, 0.6) is 0 Å². The zero-order valence-corrected chi connectivity index (χ0v) is 16.3. The zero-order valence-electron chi connectivity index (χ0n) is 16.3. The van der Waals surface area contributed by atoms with Crippen LogP contribution in [0.25, 0.3) is 0 Å². The van der Waals surface area contributed by atoms with Crippen molar-refractivity contribution >= 4 is 11.6 Å². The molecule has 2 unspecified atom stereocenters. The van der Waals surface area contributed by atoms with Gasteiger partial charge < -0.3 is 15.3 Å². The van der Waals surface area contributed by atoms with Crippen molar-refractivity contribution in [2.24, 2.45) is 34.5 Å². The summed E-state index contributed by atoms with van der Waals surface area (Å²) in [5.41, 5.74) is -1.62. The van der Waals surface area contributed by atoms with E-state index in [4.69, 9.17) is 0 Å². The Labute approximate surface area is 160 Å². The van der Waals surface area contributed by atoms with Gasteiger partial charge >= 0.3 is 0 Å². The van der Waals surface area contributed by atoms with E-state index in [2.05, 4.69) is 6.92 Å². The molecule has 0 spiro atoms. The Morgan fingerprint density at radius 3 is 2.70 bits per heavy atom. The maximum atomic E-state index is 12.6. The van der Waals surface area contributed by atoms with E-state index in [1.54, 1.807) is 12.2 Å². The van der Waals surface area contributed by atoms with Gasteiger partial charge in [0, 0.05) is 16.7 Å². The summed E-state index contributed by atoms with van der Waals surface area (Å²) < 4.78 is 0. The molecule has 0 saturated heterocycles. The molecule has 8 atom stereocenters. The molecule has 5 heteroatoms. The van der Waals surface area contributed by atoms with E-state index >= 15 is 0 Å². The monoisotopic (exact) mass is 374 g/mol. The summed E-state index contributed by atoms with van der Waals surface area (Å²) in [4.78, 5) is 24.4. The molecule has 4 rings (SSSR count). The van der Waals surface area contributed by atoms with Crippen molar-refractivity contribution in [3.8, 4) is 0 Å². The average Bonchev–Trinajstić information content (AvgIpc) is 2.82. The molecule has 0 bridgehead atoms. The molecule has 0 aromatic heterocycles. The van der Waals surface area contributed by atoms with Gasteiger partial charge in [0.1, 0.15) is 12.2 Å². The van der Waals surface area contributed by atoms with Gasteiger partial charge in [-0.15, -0.1) is 0 Å². The Bertz CT molecular complexity index is 754. The highest BCUT2D eigenvalue weighted by Gasteiger charge is 2.70. The van der Waals surface area contributed by atoms with Crippen molar-refractivity contribution in [3.05, 3.63) is 23.8 Å². The topological polar surface area (TPSA) is 94.8 Å². The minimum atomic E-state index is -1.60. The van der Waals surface area contributed by atoms with Crippen molar-refractivity contribution in [1.82, 2.24) is 0 Å². The number of aliphatic hydroxyl groups is 3. The molecule has 0 radical (unpaired) electrons. The minimum Gasteiger partial charge on any atom is -0.393 e. The number of allylic oxidation sites excluding steroid dienone is 4. The first-order valence-corrected chi connectivity index (χ1v) is 10.1. The highest BCUT2D eigenvalue weighted by atomic mass is 16.3. The summed E-state index contributed by atoms with van der Waals surface area (Å²) in [6.07, 6.45) is 7.30. The number of carbonyl (C=O) groups is 2. The van der Waals surface area contributed by atoms with Gasteiger partial charge in [0.25, 0.3) is 0 Å². The lowest BCUT2D eigenvalue weighted by molar-refractivity contribution is -0.183. The average molecular weight is 374 g/mol. The summed E-state index contributed by atoms with van der Waals surface area (Å²) >= 11 is 0. The normalized spacial score (nSPS) is 51.3. The van der Waals surface area contributed by atoms with Crippen LogP contribution < -0.4 is 0 Å². The molecule has 0 aliphatic heterocycles. The van der Waals surface area contributed by atoms with Crippen molar-refractivity contribution in [1.29, 1.82) is 0 Å². The second-order valence-corrected chi connectivity index (χ2v) is 9.70. The Morgan fingerprint density at radius 1 is 1.33 bits per heavy atom. The molecule has 4 aliphatic carbocycles. The first kappa shape index (κ1) is 19.0. The van der Waals surface area contributed by atoms with Crippen molar-refractivity contribution in [3.63, 3.8) is 0 Å². The van der Waals surface area contributed by atoms with Crippen LogP contribution >= 0.6 is 0 Å². The summed E-state index contributed by atoms with van der Waals surface area (Å²) in [6.45, 7) is 5.23. The molecule has 0 aromatic rings. The van der Waals surface area contributed by atoms with Crippen molar-refractivity contribution in [2.75, 3.05) is 6.61 Å².